The van der Waals surface area contributed by atoms with E-state index >= 15 is 0 Å². The Morgan fingerprint density at radius 2 is 1.79 bits per heavy atom. The summed E-state index contributed by atoms with van der Waals surface area (Å²) in [5.41, 5.74) is 7.46. The van der Waals surface area contributed by atoms with E-state index in [1.807, 2.05) is 50.2 Å². The minimum atomic E-state index is -0.434. The predicted octanol–water partition coefficient (Wildman–Crippen LogP) is 4.84. The zero-order valence-corrected chi connectivity index (χ0v) is 15.4. The quantitative estimate of drug-likeness (QED) is 0.240. The van der Waals surface area contributed by atoms with Gasteiger partial charge in [0.1, 0.15) is 5.69 Å². The lowest BCUT2D eigenvalue weighted by atomic mass is 10.1. The summed E-state index contributed by atoms with van der Waals surface area (Å²) in [6.07, 6.45) is 0. The molecule has 0 aliphatic heterocycles. The Bertz CT molecular complexity index is 1230. The van der Waals surface area contributed by atoms with E-state index < -0.39 is 4.92 Å². The number of aryl methyl sites for hydroxylation is 1. The van der Waals surface area contributed by atoms with E-state index in [0.29, 0.717) is 17.1 Å². The van der Waals surface area contributed by atoms with Gasteiger partial charge in [-0.2, -0.15) is 5.10 Å². The molecule has 0 atom stereocenters. The van der Waals surface area contributed by atoms with Crippen LogP contribution >= 0.6 is 0 Å². The van der Waals surface area contributed by atoms with Gasteiger partial charge in [0, 0.05) is 17.5 Å². The van der Waals surface area contributed by atoms with Crippen LogP contribution in [0.25, 0.3) is 21.8 Å². The lowest BCUT2D eigenvalue weighted by Gasteiger charge is -2.09. The van der Waals surface area contributed by atoms with Crippen LogP contribution in [0.15, 0.2) is 65.8 Å². The van der Waals surface area contributed by atoms with Crippen molar-refractivity contribution in [2.45, 2.75) is 13.8 Å². The summed E-state index contributed by atoms with van der Waals surface area (Å²) in [5.74, 6) is 0. The lowest BCUT2D eigenvalue weighted by Crippen LogP contribution is -2.07. The molecule has 4 aromatic rings. The fraction of sp³-hybridized carbons (Fsp3) is 0.0952. The molecule has 7 nitrogen and oxygen atoms in total. The fourth-order valence-corrected chi connectivity index (χ4v) is 3.08. The molecule has 0 saturated carbocycles. The van der Waals surface area contributed by atoms with Crippen LogP contribution in [0.3, 0.4) is 0 Å². The summed E-state index contributed by atoms with van der Waals surface area (Å²) in [7, 11) is 0. The van der Waals surface area contributed by atoms with Crippen LogP contribution in [0, 0.1) is 17.0 Å². The molecule has 28 heavy (non-hydrogen) atoms. The van der Waals surface area contributed by atoms with Crippen molar-refractivity contribution in [3.63, 3.8) is 0 Å². The lowest BCUT2D eigenvalue weighted by molar-refractivity contribution is -0.384. The van der Waals surface area contributed by atoms with Crippen LogP contribution in [0.5, 0.6) is 0 Å². The van der Waals surface area contributed by atoms with Crippen molar-refractivity contribution in [1.29, 1.82) is 0 Å². The first-order valence-corrected chi connectivity index (χ1v) is 8.74. The number of nitrogens with one attached hydrogen (secondary N) is 1. The van der Waals surface area contributed by atoms with Gasteiger partial charge < -0.3 is 0 Å². The fourth-order valence-electron chi connectivity index (χ4n) is 3.08. The molecule has 0 bridgehead atoms. The summed E-state index contributed by atoms with van der Waals surface area (Å²) < 4.78 is 0. The highest BCUT2D eigenvalue weighted by molar-refractivity contribution is 6.06. The highest BCUT2D eigenvalue weighted by Crippen LogP contribution is 2.24. The molecule has 7 heteroatoms. The first-order valence-electron chi connectivity index (χ1n) is 8.74. The second-order valence-corrected chi connectivity index (χ2v) is 6.43. The number of aromatic nitrogens is 2. The van der Waals surface area contributed by atoms with Crippen molar-refractivity contribution in [2.75, 3.05) is 5.43 Å². The van der Waals surface area contributed by atoms with Gasteiger partial charge in [-0.1, -0.05) is 30.3 Å². The van der Waals surface area contributed by atoms with Crippen LogP contribution in [-0.4, -0.2) is 20.6 Å². The minimum absolute atomic E-state index is 0.0365. The van der Waals surface area contributed by atoms with Crippen molar-refractivity contribution in [3.8, 4) is 0 Å². The molecule has 0 aliphatic rings. The van der Waals surface area contributed by atoms with Crippen LogP contribution in [-0.2, 0) is 0 Å². The summed E-state index contributed by atoms with van der Waals surface area (Å²) in [6, 6.07) is 18.2. The molecule has 1 aromatic heterocycles. The number of non-ortho nitro benzene ring substituents is 1. The molecule has 0 spiro atoms. The van der Waals surface area contributed by atoms with E-state index in [-0.39, 0.29) is 5.69 Å². The second kappa shape index (κ2) is 7.03. The maximum Gasteiger partial charge on any atom is 0.269 e. The largest absolute Gasteiger partial charge is 0.278 e. The Morgan fingerprint density at radius 1 is 1.04 bits per heavy atom. The number of benzene rings is 3. The number of hydrogen-bond donors (Lipinski definition) is 1. The molecule has 0 unspecified atom stereocenters. The zero-order chi connectivity index (χ0) is 19.7. The minimum Gasteiger partial charge on any atom is -0.278 e. The molecule has 0 fully saturated rings. The van der Waals surface area contributed by atoms with Crippen LogP contribution < -0.4 is 5.43 Å². The van der Waals surface area contributed by atoms with Gasteiger partial charge in [0.25, 0.3) is 5.69 Å². The Hall–Kier alpha value is -3.87. The van der Waals surface area contributed by atoms with Gasteiger partial charge in [-0.3, -0.25) is 15.5 Å². The van der Waals surface area contributed by atoms with Crippen LogP contribution in [0.2, 0.25) is 0 Å². The van der Waals surface area contributed by atoms with E-state index in [9.17, 15) is 10.1 Å². The van der Waals surface area contributed by atoms with E-state index in [1.165, 1.54) is 12.1 Å². The smallest absolute Gasteiger partial charge is 0.269 e. The van der Waals surface area contributed by atoms with Gasteiger partial charge in [0.2, 0.25) is 0 Å². The van der Waals surface area contributed by atoms with Crippen LogP contribution in [0.1, 0.15) is 18.3 Å². The maximum absolute atomic E-state index is 10.7. The predicted molar refractivity (Wildman–Crippen MR) is 111 cm³/mol. The van der Waals surface area contributed by atoms with Crippen molar-refractivity contribution in [1.82, 2.24) is 9.97 Å². The summed E-state index contributed by atoms with van der Waals surface area (Å²) in [4.78, 5) is 19.8. The molecule has 138 valence electrons. The number of nitrogens with zero attached hydrogens (tertiary/aromatic N) is 4. The Kier molecular flexibility index (Phi) is 4.41. The van der Waals surface area contributed by atoms with E-state index in [1.54, 1.807) is 12.1 Å². The molecule has 4 rings (SSSR count). The number of fused-ring (bicyclic) bond motifs is 3. The number of hydrogen-bond acceptors (Lipinski definition) is 6. The average Bonchev–Trinajstić information content (AvgIpc) is 2.71. The van der Waals surface area contributed by atoms with Crippen molar-refractivity contribution in [3.05, 3.63) is 82.2 Å². The molecule has 3 aromatic carbocycles. The topological polar surface area (TPSA) is 93.3 Å². The highest BCUT2D eigenvalue weighted by atomic mass is 16.6. The van der Waals surface area contributed by atoms with Crippen molar-refractivity contribution < 1.29 is 4.92 Å². The Morgan fingerprint density at radius 3 is 2.54 bits per heavy atom. The standard InChI is InChI=1S/C21H17N5O2/c1-13-20(14(2)24-25-16-8-10-17(11-9-16)26(27)28)23-21-18-6-4-3-5-15(18)7-12-19(21)22-13/h3-12,25H,1-2H3/b24-14+. The van der Waals surface area contributed by atoms with E-state index in [2.05, 4.69) is 15.5 Å². The summed E-state index contributed by atoms with van der Waals surface area (Å²) in [5, 5.41) is 17.3. The van der Waals surface area contributed by atoms with E-state index in [0.717, 1.165) is 27.5 Å². The number of hydrazone groups is 1. The van der Waals surface area contributed by atoms with E-state index in [4.69, 9.17) is 4.98 Å². The SMILES string of the molecule is C/C(=N\Nc1ccc([N+](=O)[O-])cc1)c1nc2c(ccc3ccccc32)nc1C. The third-order valence-electron chi connectivity index (χ3n) is 4.51. The number of nitro benzene ring substituents is 1. The first kappa shape index (κ1) is 17.5. The zero-order valence-electron chi connectivity index (χ0n) is 15.4. The molecule has 1 N–H and O–H groups in total. The van der Waals surface area contributed by atoms with Crippen molar-refractivity contribution >= 4 is 38.9 Å². The Labute approximate surface area is 160 Å². The van der Waals surface area contributed by atoms with Crippen molar-refractivity contribution in [2.24, 2.45) is 5.10 Å². The summed E-state index contributed by atoms with van der Waals surface area (Å²) >= 11 is 0. The normalized spacial score (nSPS) is 11.7. The number of anilines is 1. The van der Waals surface area contributed by atoms with Gasteiger partial charge in [0.05, 0.1) is 33.0 Å². The third kappa shape index (κ3) is 3.25. The average molecular weight is 371 g/mol. The molecular formula is C21H17N5O2. The molecule has 0 radical (unpaired) electrons. The van der Waals surface area contributed by atoms with Gasteiger partial charge in [-0.15, -0.1) is 0 Å². The van der Waals surface area contributed by atoms with Gasteiger partial charge in [0.15, 0.2) is 0 Å². The second-order valence-electron chi connectivity index (χ2n) is 6.43. The maximum atomic E-state index is 10.7. The highest BCUT2D eigenvalue weighted by Gasteiger charge is 2.11. The third-order valence-corrected chi connectivity index (χ3v) is 4.51. The molecule has 0 aliphatic carbocycles. The van der Waals surface area contributed by atoms with Gasteiger partial charge in [-0.25, -0.2) is 9.97 Å². The van der Waals surface area contributed by atoms with Gasteiger partial charge >= 0.3 is 0 Å². The first-order chi connectivity index (χ1) is 13.5. The molecule has 0 amide bonds. The molecule has 1 heterocycles. The number of nitro groups is 1. The summed E-state index contributed by atoms with van der Waals surface area (Å²) in [6.45, 7) is 3.76. The van der Waals surface area contributed by atoms with Gasteiger partial charge in [-0.05, 0) is 37.4 Å². The molecule has 0 saturated heterocycles. The number of rotatable bonds is 4. The molecular weight excluding hydrogens is 354 g/mol. The van der Waals surface area contributed by atoms with Crippen LogP contribution in [0.4, 0.5) is 11.4 Å². The monoisotopic (exact) mass is 371 g/mol. The Balaban J connectivity index is 1.70.